The minimum atomic E-state index is -3.40. The quantitative estimate of drug-likeness (QED) is 0.892. The second-order valence-electron chi connectivity index (χ2n) is 5.67. The van der Waals surface area contributed by atoms with Crippen LogP contribution in [0.4, 0.5) is 0 Å². The zero-order valence-electron chi connectivity index (χ0n) is 13.0. The Labute approximate surface area is 131 Å². The van der Waals surface area contributed by atoms with Crippen LogP contribution in [0, 0.1) is 13.8 Å². The highest BCUT2D eigenvalue weighted by Crippen LogP contribution is 2.24. The lowest BCUT2D eigenvalue weighted by Crippen LogP contribution is -2.51. The minimum absolute atomic E-state index is 0.154. The topological polar surface area (TPSA) is 58.6 Å². The minimum Gasteiger partial charge on any atom is -0.379 e. The molecular formula is C14H24N2O3S2. The van der Waals surface area contributed by atoms with Crippen LogP contribution in [0.5, 0.6) is 0 Å². The number of sulfonamides is 1. The SMILES string of the molecule is Cc1cc(S(=O)(=O)NC[C@@H](C)N2CCOC[C@@H]2C)sc1C. The maximum absolute atomic E-state index is 12.3. The summed E-state index contributed by atoms with van der Waals surface area (Å²) in [4.78, 5) is 3.34. The fraction of sp³-hybridized carbons (Fsp3) is 0.714. The van der Waals surface area contributed by atoms with Crippen molar-refractivity contribution in [3.8, 4) is 0 Å². The maximum atomic E-state index is 12.3. The number of nitrogens with one attached hydrogen (secondary N) is 1. The number of nitrogens with zero attached hydrogens (tertiary/aromatic N) is 1. The van der Waals surface area contributed by atoms with Gasteiger partial charge in [0.2, 0.25) is 10.0 Å². The third-order valence-electron chi connectivity index (χ3n) is 3.96. The van der Waals surface area contributed by atoms with Crippen molar-refractivity contribution in [1.82, 2.24) is 9.62 Å². The van der Waals surface area contributed by atoms with Crippen LogP contribution in [0.2, 0.25) is 0 Å². The molecule has 1 aliphatic heterocycles. The summed E-state index contributed by atoms with van der Waals surface area (Å²) in [6.07, 6.45) is 0. The van der Waals surface area contributed by atoms with Gasteiger partial charge in [0, 0.05) is 30.1 Å². The highest BCUT2D eigenvalue weighted by molar-refractivity contribution is 7.91. The molecule has 5 nitrogen and oxygen atoms in total. The first kappa shape index (κ1) is 16.9. The molecule has 0 spiro atoms. The molecule has 2 heterocycles. The standard InChI is InChI=1S/C14H24N2O3S2/c1-10-7-14(20-13(10)4)21(17,18)15-8-11(2)16-5-6-19-9-12(16)3/h7,11-12,15H,5-6,8-9H2,1-4H3/t11-,12+/m1/s1. The van der Waals surface area contributed by atoms with Crippen LogP contribution in [0.3, 0.4) is 0 Å². The molecule has 7 heteroatoms. The molecule has 2 atom stereocenters. The number of hydrogen-bond donors (Lipinski definition) is 1. The van der Waals surface area contributed by atoms with Gasteiger partial charge in [-0.05, 0) is 39.3 Å². The lowest BCUT2D eigenvalue weighted by Gasteiger charge is -2.37. The zero-order valence-corrected chi connectivity index (χ0v) is 14.7. The molecule has 1 fully saturated rings. The van der Waals surface area contributed by atoms with Crippen molar-refractivity contribution in [3.63, 3.8) is 0 Å². The van der Waals surface area contributed by atoms with E-state index in [1.54, 1.807) is 6.07 Å². The molecule has 0 radical (unpaired) electrons. The van der Waals surface area contributed by atoms with Gasteiger partial charge in [-0.2, -0.15) is 0 Å². The van der Waals surface area contributed by atoms with Crippen molar-refractivity contribution in [2.45, 2.75) is 44.0 Å². The second-order valence-corrected chi connectivity index (χ2v) is 8.92. The van der Waals surface area contributed by atoms with Crippen molar-refractivity contribution < 1.29 is 13.2 Å². The van der Waals surface area contributed by atoms with E-state index in [2.05, 4.69) is 23.5 Å². The molecule has 0 amide bonds. The van der Waals surface area contributed by atoms with E-state index in [9.17, 15) is 8.42 Å². The molecule has 2 rings (SSSR count). The van der Waals surface area contributed by atoms with Gasteiger partial charge in [-0.15, -0.1) is 11.3 Å². The first-order chi connectivity index (χ1) is 9.81. The average molecular weight is 332 g/mol. The van der Waals surface area contributed by atoms with Crippen LogP contribution in [-0.4, -0.2) is 51.7 Å². The number of thiophene rings is 1. The Morgan fingerprint density at radius 3 is 2.81 bits per heavy atom. The van der Waals surface area contributed by atoms with E-state index in [-0.39, 0.29) is 6.04 Å². The molecule has 0 aliphatic carbocycles. The highest BCUT2D eigenvalue weighted by Gasteiger charge is 2.25. The van der Waals surface area contributed by atoms with Gasteiger partial charge in [-0.25, -0.2) is 13.1 Å². The van der Waals surface area contributed by atoms with Crippen LogP contribution in [0.1, 0.15) is 24.3 Å². The van der Waals surface area contributed by atoms with Gasteiger partial charge in [0.25, 0.3) is 0 Å². The van der Waals surface area contributed by atoms with E-state index in [0.29, 0.717) is 30.0 Å². The van der Waals surface area contributed by atoms with E-state index in [0.717, 1.165) is 17.0 Å². The summed E-state index contributed by atoms with van der Waals surface area (Å²) in [6.45, 7) is 10.7. The predicted molar refractivity (Wildman–Crippen MR) is 85.4 cm³/mol. The Balaban J connectivity index is 1.98. The van der Waals surface area contributed by atoms with E-state index in [1.165, 1.54) is 11.3 Å². The summed E-state index contributed by atoms with van der Waals surface area (Å²) >= 11 is 1.33. The van der Waals surface area contributed by atoms with Crippen molar-refractivity contribution in [3.05, 3.63) is 16.5 Å². The van der Waals surface area contributed by atoms with Crippen molar-refractivity contribution in [2.24, 2.45) is 0 Å². The third kappa shape index (κ3) is 4.04. The molecule has 1 saturated heterocycles. The molecule has 1 aromatic heterocycles. The Morgan fingerprint density at radius 2 is 2.24 bits per heavy atom. The number of rotatable bonds is 5. The normalized spacial score (nSPS) is 22.4. The summed E-state index contributed by atoms with van der Waals surface area (Å²) in [5, 5.41) is 0. The zero-order chi connectivity index (χ0) is 15.6. The van der Waals surface area contributed by atoms with Gasteiger partial charge in [0.05, 0.1) is 13.2 Å². The Bertz CT molecular complexity index is 564. The summed E-state index contributed by atoms with van der Waals surface area (Å²) < 4.78 is 33.2. The molecule has 0 saturated carbocycles. The second kappa shape index (κ2) is 6.75. The Morgan fingerprint density at radius 1 is 1.52 bits per heavy atom. The summed E-state index contributed by atoms with van der Waals surface area (Å²) in [6, 6.07) is 2.22. The number of aryl methyl sites for hydroxylation is 2. The van der Waals surface area contributed by atoms with Crippen molar-refractivity contribution >= 4 is 21.4 Å². The molecular weight excluding hydrogens is 308 g/mol. The third-order valence-corrected chi connectivity index (χ3v) is 7.01. The predicted octanol–water partition coefficient (Wildman–Crippen LogP) is 1.75. The van der Waals surface area contributed by atoms with E-state index >= 15 is 0 Å². The Hall–Kier alpha value is -0.470. The molecule has 120 valence electrons. The van der Waals surface area contributed by atoms with Crippen molar-refractivity contribution in [2.75, 3.05) is 26.3 Å². The fourth-order valence-corrected chi connectivity index (χ4v) is 5.17. The van der Waals surface area contributed by atoms with Crippen LogP contribution in [0.15, 0.2) is 10.3 Å². The van der Waals surface area contributed by atoms with E-state index in [4.69, 9.17) is 4.74 Å². The number of morpholine rings is 1. The number of ether oxygens (including phenoxy) is 1. The van der Waals surface area contributed by atoms with E-state index in [1.807, 2.05) is 13.8 Å². The lowest BCUT2D eigenvalue weighted by molar-refractivity contribution is -0.0172. The largest absolute Gasteiger partial charge is 0.379 e. The van der Waals surface area contributed by atoms with Gasteiger partial charge >= 0.3 is 0 Å². The van der Waals surface area contributed by atoms with Crippen molar-refractivity contribution in [1.29, 1.82) is 0 Å². The summed E-state index contributed by atoms with van der Waals surface area (Å²) in [7, 11) is -3.40. The first-order valence-electron chi connectivity index (χ1n) is 7.21. The first-order valence-corrected chi connectivity index (χ1v) is 9.51. The monoisotopic (exact) mass is 332 g/mol. The molecule has 1 aliphatic rings. The smallest absolute Gasteiger partial charge is 0.250 e. The summed E-state index contributed by atoms with van der Waals surface area (Å²) in [5.74, 6) is 0. The molecule has 1 aromatic rings. The van der Waals surface area contributed by atoms with Gasteiger partial charge in [-0.1, -0.05) is 0 Å². The Kier molecular flexibility index (Phi) is 5.43. The fourth-order valence-electron chi connectivity index (χ4n) is 2.49. The molecule has 21 heavy (non-hydrogen) atoms. The van der Waals surface area contributed by atoms with Gasteiger partial charge < -0.3 is 4.74 Å². The lowest BCUT2D eigenvalue weighted by atomic mass is 10.2. The average Bonchev–Trinajstić information content (AvgIpc) is 2.77. The molecule has 1 N–H and O–H groups in total. The molecule has 0 bridgehead atoms. The van der Waals surface area contributed by atoms with Gasteiger partial charge in [0.15, 0.2) is 0 Å². The van der Waals surface area contributed by atoms with E-state index < -0.39 is 10.0 Å². The summed E-state index contributed by atoms with van der Waals surface area (Å²) in [5.41, 5.74) is 1.02. The molecule has 0 aromatic carbocycles. The highest BCUT2D eigenvalue weighted by atomic mass is 32.2. The van der Waals surface area contributed by atoms with Crippen LogP contribution in [-0.2, 0) is 14.8 Å². The van der Waals surface area contributed by atoms with Crippen LogP contribution >= 0.6 is 11.3 Å². The van der Waals surface area contributed by atoms with Gasteiger partial charge in [-0.3, -0.25) is 4.90 Å². The number of hydrogen-bond acceptors (Lipinski definition) is 5. The maximum Gasteiger partial charge on any atom is 0.250 e. The van der Waals surface area contributed by atoms with Crippen LogP contribution in [0.25, 0.3) is 0 Å². The van der Waals surface area contributed by atoms with Crippen LogP contribution < -0.4 is 4.72 Å². The molecule has 0 unspecified atom stereocenters. The van der Waals surface area contributed by atoms with Gasteiger partial charge in [0.1, 0.15) is 4.21 Å².